The third-order valence-corrected chi connectivity index (χ3v) is 2.60. The Morgan fingerprint density at radius 2 is 2.00 bits per heavy atom. The first-order valence-electron chi connectivity index (χ1n) is 5.32. The second-order valence-electron chi connectivity index (χ2n) is 3.58. The maximum absolute atomic E-state index is 5.90. The fourth-order valence-electron chi connectivity index (χ4n) is 1.53. The van der Waals surface area contributed by atoms with Gasteiger partial charge in [-0.25, -0.2) is 0 Å². The van der Waals surface area contributed by atoms with Gasteiger partial charge in [-0.05, 0) is 35.9 Å². The molecule has 2 rings (SSSR count). The zero-order valence-corrected chi connectivity index (χ0v) is 9.97. The van der Waals surface area contributed by atoms with Crippen LogP contribution in [0.4, 0.5) is 0 Å². The molecule has 0 radical (unpaired) electrons. The Bertz CT molecular complexity index is 476. The molecule has 0 amide bonds. The highest BCUT2D eigenvalue weighted by molar-refractivity contribution is 6.30. The predicted octanol–water partition coefficient (Wildman–Crippen LogP) is 2.81. The Balaban J connectivity index is 2.16. The highest BCUT2D eigenvalue weighted by Crippen LogP contribution is 2.23. The molecule has 0 fully saturated rings. The molecule has 0 bridgehead atoms. The Morgan fingerprint density at radius 3 is 2.65 bits per heavy atom. The highest BCUT2D eigenvalue weighted by atomic mass is 35.5. The van der Waals surface area contributed by atoms with Crippen molar-refractivity contribution in [2.75, 3.05) is 6.54 Å². The standard InChI is InChI=1S/C13H13ClN2O/c14-11-2-1-3-12(8-11)17-13(9-15)10-4-6-16-7-5-10/h1-8,13H,9,15H2. The predicted molar refractivity (Wildman–Crippen MR) is 68.1 cm³/mol. The van der Waals surface area contributed by atoms with Gasteiger partial charge in [-0.2, -0.15) is 0 Å². The van der Waals surface area contributed by atoms with Crippen LogP contribution in [0.2, 0.25) is 5.02 Å². The minimum atomic E-state index is -0.184. The third kappa shape index (κ3) is 3.19. The summed E-state index contributed by atoms with van der Waals surface area (Å²) in [7, 11) is 0. The van der Waals surface area contributed by atoms with Crippen LogP contribution in [0, 0.1) is 0 Å². The molecule has 2 aromatic rings. The monoisotopic (exact) mass is 248 g/mol. The summed E-state index contributed by atoms with van der Waals surface area (Å²) >= 11 is 5.90. The average molecular weight is 249 g/mol. The number of pyridine rings is 1. The summed E-state index contributed by atoms with van der Waals surface area (Å²) in [6.07, 6.45) is 3.26. The average Bonchev–Trinajstić information content (AvgIpc) is 2.37. The second kappa shape index (κ2) is 5.66. The molecule has 1 aromatic carbocycles. The molecule has 1 unspecified atom stereocenters. The maximum atomic E-state index is 5.90. The fourth-order valence-corrected chi connectivity index (χ4v) is 1.72. The number of halogens is 1. The topological polar surface area (TPSA) is 48.1 Å². The summed E-state index contributed by atoms with van der Waals surface area (Å²) in [4.78, 5) is 3.97. The molecule has 88 valence electrons. The summed E-state index contributed by atoms with van der Waals surface area (Å²) in [5, 5.41) is 0.646. The van der Waals surface area contributed by atoms with Crippen molar-refractivity contribution in [3.8, 4) is 5.75 Å². The second-order valence-corrected chi connectivity index (χ2v) is 4.02. The van der Waals surface area contributed by atoms with Gasteiger partial charge < -0.3 is 10.5 Å². The van der Waals surface area contributed by atoms with Gasteiger partial charge >= 0.3 is 0 Å². The number of rotatable bonds is 4. The van der Waals surface area contributed by atoms with E-state index < -0.39 is 0 Å². The van der Waals surface area contributed by atoms with Crippen LogP contribution in [0.1, 0.15) is 11.7 Å². The van der Waals surface area contributed by atoms with Gasteiger partial charge in [-0.3, -0.25) is 4.98 Å². The Morgan fingerprint density at radius 1 is 1.24 bits per heavy atom. The van der Waals surface area contributed by atoms with E-state index in [9.17, 15) is 0 Å². The number of aromatic nitrogens is 1. The molecule has 0 spiro atoms. The van der Waals surface area contributed by atoms with Crippen LogP contribution in [-0.2, 0) is 0 Å². The first kappa shape index (κ1) is 11.9. The van der Waals surface area contributed by atoms with Crippen molar-refractivity contribution in [3.63, 3.8) is 0 Å². The molecule has 4 heteroatoms. The summed E-state index contributed by atoms with van der Waals surface area (Å²) < 4.78 is 5.79. The van der Waals surface area contributed by atoms with Crippen molar-refractivity contribution in [2.45, 2.75) is 6.10 Å². The molecule has 0 aliphatic heterocycles. The van der Waals surface area contributed by atoms with Crippen molar-refractivity contribution >= 4 is 11.6 Å². The van der Waals surface area contributed by atoms with Crippen molar-refractivity contribution in [2.24, 2.45) is 5.73 Å². The fraction of sp³-hybridized carbons (Fsp3) is 0.154. The van der Waals surface area contributed by atoms with Gasteiger partial charge in [0.2, 0.25) is 0 Å². The van der Waals surface area contributed by atoms with E-state index in [4.69, 9.17) is 22.1 Å². The first-order chi connectivity index (χ1) is 8.29. The van der Waals surface area contributed by atoms with Gasteiger partial charge in [0.15, 0.2) is 0 Å². The molecule has 0 aliphatic carbocycles. The molecule has 3 nitrogen and oxygen atoms in total. The van der Waals surface area contributed by atoms with E-state index in [1.807, 2.05) is 24.3 Å². The van der Waals surface area contributed by atoms with Crippen molar-refractivity contribution in [1.82, 2.24) is 4.98 Å². The van der Waals surface area contributed by atoms with Crippen LogP contribution in [0.15, 0.2) is 48.8 Å². The van der Waals surface area contributed by atoms with Gasteiger partial charge in [0.25, 0.3) is 0 Å². The summed E-state index contributed by atoms with van der Waals surface area (Å²) in [6.45, 7) is 0.399. The minimum Gasteiger partial charge on any atom is -0.484 e. The highest BCUT2D eigenvalue weighted by Gasteiger charge is 2.11. The lowest BCUT2D eigenvalue weighted by Gasteiger charge is -2.17. The van der Waals surface area contributed by atoms with Crippen LogP contribution < -0.4 is 10.5 Å². The van der Waals surface area contributed by atoms with Crippen molar-refractivity contribution in [1.29, 1.82) is 0 Å². The smallest absolute Gasteiger partial charge is 0.136 e. The molecule has 1 atom stereocenters. The molecular formula is C13H13ClN2O. The molecule has 0 aliphatic rings. The summed E-state index contributed by atoms with van der Waals surface area (Å²) in [6, 6.07) is 11.1. The molecule has 0 saturated heterocycles. The van der Waals surface area contributed by atoms with Crippen LogP contribution in [-0.4, -0.2) is 11.5 Å². The first-order valence-corrected chi connectivity index (χ1v) is 5.69. The van der Waals surface area contributed by atoms with Gasteiger partial charge in [0.1, 0.15) is 11.9 Å². The van der Waals surface area contributed by atoms with Gasteiger partial charge in [0, 0.05) is 24.0 Å². The summed E-state index contributed by atoms with van der Waals surface area (Å²) in [5.41, 5.74) is 6.71. The Hall–Kier alpha value is -1.58. The molecule has 1 heterocycles. The molecular weight excluding hydrogens is 236 g/mol. The lowest BCUT2D eigenvalue weighted by Crippen LogP contribution is -2.18. The van der Waals surface area contributed by atoms with E-state index in [-0.39, 0.29) is 6.10 Å². The van der Waals surface area contributed by atoms with E-state index in [0.29, 0.717) is 17.3 Å². The van der Waals surface area contributed by atoms with Crippen molar-refractivity contribution in [3.05, 3.63) is 59.4 Å². The van der Waals surface area contributed by atoms with Gasteiger partial charge in [-0.1, -0.05) is 17.7 Å². The minimum absolute atomic E-state index is 0.184. The van der Waals surface area contributed by atoms with Crippen LogP contribution in [0.25, 0.3) is 0 Å². The quantitative estimate of drug-likeness (QED) is 0.905. The van der Waals surface area contributed by atoms with E-state index >= 15 is 0 Å². The normalized spacial score (nSPS) is 12.1. The number of nitrogens with two attached hydrogens (primary N) is 1. The Labute approximate surface area is 105 Å². The van der Waals surface area contributed by atoms with Crippen LogP contribution in [0.5, 0.6) is 5.75 Å². The van der Waals surface area contributed by atoms with E-state index in [1.54, 1.807) is 24.5 Å². The van der Waals surface area contributed by atoms with E-state index in [0.717, 1.165) is 5.56 Å². The molecule has 1 aromatic heterocycles. The number of hydrogen-bond donors (Lipinski definition) is 1. The zero-order valence-electron chi connectivity index (χ0n) is 9.21. The van der Waals surface area contributed by atoms with Crippen LogP contribution >= 0.6 is 11.6 Å². The number of ether oxygens (including phenoxy) is 1. The molecule has 2 N–H and O–H groups in total. The maximum Gasteiger partial charge on any atom is 0.136 e. The zero-order chi connectivity index (χ0) is 12.1. The van der Waals surface area contributed by atoms with Gasteiger partial charge in [-0.15, -0.1) is 0 Å². The SMILES string of the molecule is NCC(Oc1cccc(Cl)c1)c1ccncc1. The van der Waals surface area contributed by atoms with E-state index in [2.05, 4.69) is 4.98 Å². The third-order valence-electron chi connectivity index (χ3n) is 2.37. The largest absolute Gasteiger partial charge is 0.484 e. The lowest BCUT2D eigenvalue weighted by atomic mass is 10.1. The summed E-state index contributed by atoms with van der Waals surface area (Å²) in [5.74, 6) is 0.713. The number of benzene rings is 1. The van der Waals surface area contributed by atoms with Crippen LogP contribution in [0.3, 0.4) is 0 Å². The molecule has 17 heavy (non-hydrogen) atoms. The Kier molecular flexibility index (Phi) is 3.96. The number of nitrogens with zero attached hydrogens (tertiary/aromatic N) is 1. The number of hydrogen-bond acceptors (Lipinski definition) is 3. The lowest BCUT2D eigenvalue weighted by molar-refractivity contribution is 0.214. The van der Waals surface area contributed by atoms with Gasteiger partial charge in [0.05, 0.1) is 0 Å². The molecule has 0 saturated carbocycles. The van der Waals surface area contributed by atoms with Crippen molar-refractivity contribution < 1.29 is 4.74 Å². The van der Waals surface area contributed by atoms with E-state index in [1.165, 1.54) is 0 Å².